The van der Waals surface area contributed by atoms with Gasteiger partial charge >= 0.3 is 0 Å². The standard InChI is InChI=1S/C31H13F5N2O2S/c32-23-22(24(33)26(35)27(36)25(23)34)31-37-30-21(41-31)13-17(38(30)16-8-2-1-3-9-16)12-20-28(39)18-10-14-6-4-5-7-15(14)11-19(18)29(20)40/h1-13H. The highest BCUT2D eigenvalue weighted by atomic mass is 32.1. The molecule has 0 N–H and O–H groups in total. The molecule has 2 aromatic heterocycles. The molecule has 200 valence electrons. The summed E-state index contributed by atoms with van der Waals surface area (Å²) in [5.41, 5.74) is 0.405. The fourth-order valence-corrected chi connectivity index (χ4v) is 6.07. The van der Waals surface area contributed by atoms with Crippen LogP contribution in [-0.2, 0) is 0 Å². The first-order valence-electron chi connectivity index (χ1n) is 12.2. The Balaban J connectivity index is 1.42. The van der Waals surface area contributed by atoms with Crippen molar-refractivity contribution in [1.29, 1.82) is 0 Å². The smallest absolute Gasteiger partial charge is 0.200 e. The van der Waals surface area contributed by atoms with E-state index in [1.807, 2.05) is 24.3 Å². The molecule has 41 heavy (non-hydrogen) atoms. The van der Waals surface area contributed by atoms with Crippen molar-refractivity contribution in [3.05, 3.63) is 124 Å². The molecular weight excluding hydrogens is 559 g/mol. The molecule has 0 saturated heterocycles. The second-order valence-corrected chi connectivity index (χ2v) is 10.4. The van der Waals surface area contributed by atoms with Crippen molar-refractivity contribution in [1.82, 2.24) is 9.55 Å². The van der Waals surface area contributed by atoms with E-state index in [-0.39, 0.29) is 22.3 Å². The average Bonchev–Trinajstić information content (AvgIpc) is 3.60. The van der Waals surface area contributed by atoms with Gasteiger partial charge in [-0.25, -0.2) is 26.9 Å². The highest BCUT2D eigenvalue weighted by Crippen LogP contribution is 2.39. The minimum atomic E-state index is -2.26. The van der Waals surface area contributed by atoms with Crippen LogP contribution in [0.3, 0.4) is 0 Å². The zero-order chi connectivity index (χ0) is 28.6. The van der Waals surface area contributed by atoms with Crippen molar-refractivity contribution < 1.29 is 31.5 Å². The van der Waals surface area contributed by atoms with Crippen LogP contribution in [0.1, 0.15) is 26.4 Å². The van der Waals surface area contributed by atoms with Crippen molar-refractivity contribution in [2.24, 2.45) is 0 Å². The molecular formula is C31H13F5N2O2S. The van der Waals surface area contributed by atoms with E-state index in [0.717, 1.165) is 10.8 Å². The number of fused-ring (bicyclic) bond motifs is 3. The summed E-state index contributed by atoms with van der Waals surface area (Å²) in [6.07, 6.45) is 1.43. The molecule has 4 aromatic carbocycles. The van der Waals surface area contributed by atoms with Gasteiger partial charge in [0.25, 0.3) is 0 Å². The number of aromatic nitrogens is 2. The number of carbonyl (C=O) groups excluding carboxylic acids is 2. The molecule has 0 spiro atoms. The Morgan fingerprint density at radius 2 is 1.22 bits per heavy atom. The Morgan fingerprint density at radius 1 is 0.683 bits per heavy atom. The first kappa shape index (κ1) is 25.0. The van der Waals surface area contributed by atoms with Crippen molar-refractivity contribution in [3.8, 4) is 16.3 Å². The van der Waals surface area contributed by atoms with Gasteiger partial charge in [-0.05, 0) is 47.2 Å². The number of halogens is 5. The van der Waals surface area contributed by atoms with Crippen molar-refractivity contribution in [2.45, 2.75) is 0 Å². The number of allylic oxidation sites excluding steroid dienone is 1. The lowest BCUT2D eigenvalue weighted by molar-refractivity contribution is 0.0990. The van der Waals surface area contributed by atoms with Gasteiger partial charge in [0.15, 0.2) is 40.5 Å². The van der Waals surface area contributed by atoms with Gasteiger partial charge in [-0.3, -0.25) is 14.2 Å². The van der Waals surface area contributed by atoms with Crippen LogP contribution in [0.2, 0.25) is 0 Å². The Hall–Kier alpha value is -4.96. The lowest BCUT2D eigenvalue weighted by Crippen LogP contribution is -2.04. The van der Waals surface area contributed by atoms with Gasteiger partial charge in [-0.2, -0.15) is 0 Å². The lowest BCUT2D eigenvalue weighted by atomic mass is 10.0. The topological polar surface area (TPSA) is 52.0 Å². The van der Waals surface area contributed by atoms with Crippen molar-refractivity contribution >= 4 is 50.1 Å². The summed E-state index contributed by atoms with van der Waals surface area (Å²) in [7, 11) is 0. The van der Waals surface area contributed by atoms with Crippen LogP contribution in [0.5, 0.6) is 0 Å². The number of carbonyl (C=O) groups is 2. The monoisotopic (exact) mass is 572 g/mol. The first-order chi connectivity index (χ1) is 19.7. The molecule has 1 aliphatic rings. The number of rotatable bonds is 3. The molecule has 7 rings (SSSR count). The summed E-state index contributed by atoms with van der Waals surface area (Å²) in [5.74, 6) is -11.3. The molecule has 0 unspecified atom stereocenters. The summed E-state index contributed by atoms with van der Waals surface area (Å²) in [6, 6.07) is 20.9. The van der Waals surface area contributed by atoms with Gasteiger partial charge in [-0.15, -0.1) is 11.3 Å². The largest absolute Gasteiger partial charge is 0.294 e. The summed E-state index contributed by atoms with van der Waals surface area (Å²) in [5, 5.41) is 1.21. The Bertz CT molecular complexity index is 2060. The Labute approximate surface area is 231 Å². The predicted molar refractivity (Wildman–Crippen MR) is 145 cm³/mol. The third-order valence-electron chi connectivity index (χ3n) is 6.98. The minimum Gasteiger partial charge on any atom is -0.294 e. The fraction of sp³-hybridized carbons (Fsp3) is 0. The quantitative estimate of drug-likeness (QED) is 0.0709. The van der Waals surface area contributed by atoms with Crippen LogP contribution in [0.25, 0.3) is 43.5 Å². The number of para-hydroxylation sites is 1. The van der Waals surface area contributed by atoms with Gasteiger partial charge in [0.05, 0.1) is 21.5 Å². The van der Waals surface area contributed by atoms with Crippen molar-refractivity contribution in [3.63, 3.8) is 0 Å². The third kappa shape index (κ3) is 3.67. The van der Waals surface area contributed by atoms with Gasteiger partial charge < -0.3 is 0 Å². The molecule has 0 fully saturated rings. The van der Waals surface area contributed by atoms with E-state index in [9.17, 15) is 31.5 Å². The molecule has 0 radical (unpaired) electrons. The Morgan fingerprint density at radius 3 is 1.80 bits per heavy atom. The molecule has 0 saturated carbocycles. The van der Waals surface area contributed by atoms with E-state index < -0.39 is 51.2 Å². The number of Topliss-reactive ketones (excluding diaryl/α,β-unsaturated/α-hetero) is 2. The molecule has 0 aliphatic heterocycles. The molecule has 6 aromatic rings. The van der Waals surface area contributed by atoms with Crippen LogP contribution in [0, 0.1) is 29.1 Å². The predicted octanol–water partition coefficient (Wildman–Crippen LogP) is 8.07. The van der Waals surface area contributed by atoms with Crippen LogP contribution >= 0.6 is 11.3 Å². The molecule has 2 heterocycles. The number of benzene rings is 4. The number of ketones is 2. The second-order valence-electron chi connectivity index (χ2n) is 9.35. The summed E-state index contributed by atoms with van der Waals surface area (Å²) >= 11 is 0.713. The maximum atomic E-state index is 14.6. The molecule has 1 aliphatic carbocycles. The molecule has 4 nitrogen and oxygen atoms in total. The van der Waals surface area contributed by atoms with Gasteiger partial charge in [-0.1, -0.05) is 42.5 Å². The number of hydrogen-bond acceptors (Lipinski definition) is 4. The van der Waals surface area contributed by atoms with Gasteiger partial charge in [0.2, 0.25) is 5.82 Å². The van der Waals surface area contributed by atoms with E-state index in [0.29, 0.717) is 27.4 Å². The zero-order valence-corrected chi connectivity index (χ0v) is 21.3. The van der Waals surface area contributed by atoms with Crippen LogP contribution in [-0.4, -0.2) is 21.1 Å². The zero-order valence-electron chi connectivity index (χ0n) is 20.5. The lowest BCUT2D eigenvalue weighted by Gasteiger charge is -2.08. The van der Waals surface area contributed by atoms with Crippen LogP contribution < -0.4 is 0 Å². The normalized spacial score (nSPS) is 13.0. The third-order valence-corrected chi connectivity index (χ3v) is 7.99. The summed E-state index contributed by atoms with van der Waals surface area (Å²) in [6.45, 7) is 0. The van der Waals surface area contributed by atoms with E-state index in [4.69, 9.17) is 0 Å². The second kappa shape index (κ2) is 9.03. The maximum Gasteiger partial charge on any atom is 0.200 e. The van der Waals surface area contributed by atoms with E-state index >= 15 is 0 Å². The number of nitrogens with zero attached hydrogens (tertiary/aromatic N) is 2. The first-order valence-corrected chi connectivity index (χ1v) is 13.0. The molecule has 0 bridgehead atoms. The summed E-state index contributed by atoms with van der Waals surface area (Å²) in [4.78, 5) is 31.0. The molecule has 0 atom stereocenters. The van der Waals surface area contributed by atoms with Crippen LogP contribution in [0.15, 0.2) is 78.4 Å². The fourth-order valence-electron chi connectivity index (χ4n) is 5.04. The van der Waals surface area contributed by atoms with E-state index in [2.05, 4.69) is 4.98 Å². The van der Waals surface area contributed by atoms with E-state index in [1.54, 1.807) is 53.1 Å². The number of hydrogen-bond donors (Lipinski definition) is 0. The summed E-state index contributed by atoms with van der Waals surface area (Å²) < 4.78 is 72.5. The highest BCUT2D eigenvalue weighted by molar-refractivity contribution is 7.21. The van der Waals surface area contributed by atoms with E-state index in [1.165, 1.54) is 6.08 Å². The SMILES string of the molecule is O=C1C(=Cc2cc3sc(-c4c(F)c(F)c(F)c(F)c4F)nc3n2-c2ccccc2)C(=O)c2cc3ccccc3cc21. The van der Waals surface area contributed by atoms with Gasteiger partial charge in [0, 0.05) is 16.8 Å². The Kier molecular flexibility index (Phi) is 5.52. The van der Waals surface area contributed by atoms with Crippen LogP contribution in [0.4, 0.5) is 22.0 Å². The molecule has 10 heteroatoms. The molecule has 0 amide bonds. The van der Waals surface area contributed by atoms with Gasteiger partial charge in [0.1, 0.15) is 5.01 Å². The van der Waals surface area contributed by atoms with Crippen molar-refractivity contribution in [2.75, 3.05) is 0 Å². The average molecular weight is 573 g/mol. The number of thiazole rings is 1. The highest BCUT2D eigenvalue weighted by Gasteiger charge is 2.34. The minimum absolute atomic E-state index is 0.0716. The maximum absolute atomic E-state index is 14.6.